The van der Waals surface area contributed by atoms with Gasteiger partial charge in [-0.25, -0.2) is 13.4 Å². The van der Waals surface area contributed by atoms with Crippen molar-refractivity contribution in [2.45, 2.75) is 4.90 Å². The third kappa shape index (κ3) is 4.27. The van der Waals surface area contributed by atoms with Crippen LogP contribution in [-0.4, -0.2) is 50.4 Å². The van der Waals surface area contributed by atoms with Crippen LogP contribution in [0.15, 0.2) is 46.0 Å². The fourth-order valence-electron chi connectivity index (χ4n) is 2.68. The summed E-state index contributed by atoms with van der Waals surface area (Å²) >= 11 is 2.84. The summed E-state index contributed by atoms with van der Waals surface area (Å²) in [6, 6.07) is 8.27. The lowest BCUT2D eigenvalue weighted by Gasteiger charge is -2.21. The van der Waals surface area contributed by atoms with Gasteiger partial charge in [-0.15, -0.1) is 22.7 Å². The molecule has 152 valence electrons. The molecule has 1 aromatic carbocycles. The Morgan fingerprint density at radius 3 is 2.76 bits per heavy atom. The molecule has 3 aromatic rings. The van der Waals surface area contributed by atoms with Crippen LogP contribution in [0.4, 0.5) is 5.13 Å². The zero-order chi connectivity index (χ0) is 20.4. The van der Waals surface area contributed by atoms with Crippen LogP contribution < -0.4 is 14.8 Å². The van der Waals surface area contributed by atoms with Gasteiger partial charge in [0.05, 0.1) is 22.0 Å². The van der Waals surface area contributed by atoms with Gasteiger partial charge in [-0.3, -0.25) is 4.79 Å². The smallest absolute Gasteiger partial charge is 0.243 e. The summed E-state index contributed by atoms with van der Waals surface area (Å²) in [7, 11) is -2.52. The lowest BCUT2D eigenvalue weighted by molar-refractivity contribution is -0.116. The Bertz CT molecular complexity index is 1130. The van der Waals surface area contributed by atoms with Crippen LogP contribution in [0.3, 0.4) is 0 Å². The van der Waals surface area contributed by atoms with Crippen molar-refractivity contribution in [1.82, 2.24) is 9.29 Å². The second kappa shape index (κ2) is 8.11. The number of ether oxygens (including phenoxy) is 2. The van der Waals surface area contributed by atoms with Crippen molar-refractivity contribution in [3.8, 4) is 22.1 Å². The van der Waals surface area contributed by atoms with Crippen molar-refractivity contribution < 1.29 is 22.7 Å². The number of benzene rings is 1. The van der Waals surface area contributed by atoms with E-state index in [9.17, 15) is 13.2 Å². The maximum Gasteiger partial charge on any atom is 0.243 e. The van der Waals surface area contributed by atoms with E-state index in [1.165, 1.54) is 30.5 Å². The summed E-state index contributed by atoms with van der Waals surface area (Å²) in [5.74, 6) is 0.403. The van der Waals surface area contributed by atoms with Crippen molar-refractivity contribution in [2.75, 3.05) is 32.1 Å². The fraction of sp³-hybridized carbons (Fsp3) is 0.222. The Labute approximate surface area is 175 Å². The molecule has 0 fully saturated rings. The Balaban J connectivity index is 1.43. The molecule has 1 N–H and O–H groups in total. The number of nitrogens with zero attached hydrogens (tertiary/aromatic N) is 2. The van der Waals surface area contributed by atoms with Gasteiger partial charge in [-0.05, 0) is 23.6 Å². The van der Waals surface area contributed by atoms with Crippen molar-refractivity contribution in [1.29, 1.82) is 0 Å². The number of hydrogen-bond donors (Lipinski definition) is 1. The van der Waals surface area contributed by atoms with E-state index >= 15 is 0 Å². The molecule has 0 aliphatic carbocycles. The molecule has 11 heteroatoms. The molecule has 0 unspecified atom stereocenters. The highest BCUT2D eigenvalue weighted by molar-refractivity contribution is 7.89. The fourth-order valence-corrected chi connectivity index (χ4v) is 5.31. The van der Waals surface area contributed by atoms with E-state index in [-0.39, 0.29) is 11.4 Å². The van der Waals surface area contributed by atoms with Gasteiger partial charge in [0.25, 0.3) is 0 Å². The molecular formula is C18H17N3O5S3. The average Bonchev–Trinajstić information content (AvgIpc) is 3.39. The molecule has 4 rings (SSSR count). The molecule has 1 amide bonds. The minimum Gasteiger partial charge on any atom is -0.486 e. The number of aromatic nitrogens is 1. The first kappa shape index (κ1) is 19.8. The summed E-state index contributed by atoms with van der Waals surface area (Å²) in [5.41, 5.74) is 0.776. The molecular weight excluding hydrogens is 434 g/mol. The number of carbonyl (C=O) groups is 1. The number of anilines is 1. The van der Waals surface area contributed by atoms with Crippen LogP contribution in [0.5, 0.6) is 11.5 Å². The van der Waals surface area contributed by atoms with E-state index in [1.54, 1.807) is 17.4 Å². The van der Waals surface area contributed by atoms with Gasteiger partial charge in [0.15, 0.2) is 16.6 Å². The highest BCUT2D eigenvalue weighted by Gasteiger charge is 2.25. The second-order valence-corrected chi connectivity index (χ2v) is 9.98. The molecule has 0 bridgehead atoms. The van der Waals surface area contributed by atoms with Gasteiger partial charge < -0.3 is 14.8 Å². The maximum atomic E-state index is 12.8. The molecule has 0 saturated carbocycles. The van der Waals surface area contributed by atoms with Crippen LogP contribution in [0.1, 0.15) is 0 Å². The van der Waals surface area contributed by atoms with Gasteiger partial charge in [0.2, 0.25) is 15.9 Å². The van der Waals surface area contributed by atoms with Crippen molar-refractivity contribution in [2.24, 2.45) is 0 Å². The van der Waals surface area contributed by atoms with E-state index < -0.39 is 15.9 Å². The van der Waals surface area contributed by atoms with E-state index in [0.717, 1.165) is 14.9 Å². The molecule has 3 heterocycles. The molecule has 2 aromatic heterocycles. The van der Waals surface area contributed by atoms with Crippen molar-refractivity contribution in [3.63, 3.8) is 0 Å². The van der Waals surface area contributed by atoms with Crippen LogP contribution in [0, 0.1) is 0 Å². The van der Waals surface area contributed by atoms with Gasteiger partial charge in [0.1, 0.15) is 13.2 Å². The largest absolute Gasteiger partial charge is 0.486 e. The lowest BCUT2D eigenvalue weighted by atomic mass is 10.3. The molecule has 0 atom stereocenters. The Hall–Kier alpha value is -2.47. The summed E-state index contributed by atoms with van der Waals surface area (Å²) in [6.07, 6.45) is 0. The number of rotatable bonds is 6. The number of fused-ring (bicyclic) bond motifs is 1. The van der Waals surface area contributed by atoms with Crippen LogP contribution in [0.2, 0.25) is 0 Å². The molecule has 0 saturated heterocycles. The average molecular weight is 452 g/mol. The number of thiazole rings is 1. The Kier molecular flexibility index (Phi) is 5.54. The normalized spacial score (nSPS) is 13.4. The van der Waals surface area contributed by atoms with Crippen molar-refractivity contribution in [3.05, 3.63) is 41.1 Å². The van der Waals surface area contributed by atoms with Gasteiger partial charge in [-0.1, -0.05) is 6.07 Å². The number of carbonyl (C=O) groups excluding carboxylic acids is 1. The first-order chi connectivity index (χ1) is 13.9. The third-order valence-electron chi connectivity index (χ3n) is 4.11. The van der Waals surface area contributed by atoms with Crippen LogP contribution >= 0.6 is 22.7 Å². The molecule has 8 nitrogen and oxygen atoms in total. The number of thiophene rings is 1. The van der Waals surface area contributed by atoms with Crippen LogP contribution in [0.25, 0.3) is 10.6 Å². The summed E-state index contributed by atoms with van der Waals surface area (Å²) < 4.78 is 37.4. The Morgan fingerprint density at radius 2 is 2.00 bits per heavy atom. The highest BCUT2D eigenvalue weighted by Crippen LogP contribution is 2.33. The zero-order valence-corrected chi connectivity index (χ0v) is 17.8. The topological polar surface area (TPSA) is 97.8 Å². The van der Waals surface area contributed by atoms with Crippen molar-refractivity contribution >= 4 is 43.7 Å². The first-order valence-corrected chi connectivity index (χ1v) is 11.8. The summed E-state index contributed by atoms with van der Waals surface area (Å²) in [4.78, 5) is 17.7. The number of hydrogen-bond acceptors (Lipinski definition) is 8. The van der Waals surface area contributed by atoms with Gasteiger partial charge in [-0.2, -0.15) is 4.31 Å². The first-order valence-electron chi connectivity index (χ1n) is 8.59. The number of amides is 1. The maximum absolute atomic E-state index is 12.8. The second-order valence-electron chi connectivity index (χ2n) is 6.13. The third-order valence-corrected chi connectivity index (χ3v) is 7.56. The number of sulfonamides is 1. The summed E-state index contributed by atoms with van der Waals surface area (Å²) in [5, 5.41) is 6.86. The van der Waals surface area contributed by atoms with Gasteiger partial charge >= 0.3 is 0 Å². The predicted molar refractivity (Wildman–Crippen MR) is 111 cm³/mol. The SMILES string of the molecule is CN(CC(=O)Nc1nc(-c2cccs2)cs1)S(=O)(=O)c1ccc2c(c1)OCCO2. The summed E-state index contributed by atoms with van der Waals surface area (Å²) in [6.45, 7) is 0.435. The molecule has 29 heavy (non-hydrogen) atoms. The van der Waals surface area contributed by atoms with E-state index in [1.807, 2.05) is 22.9 Å². The minimum atomic E-state index is -3.87. The zero-order valence-electron chi connectivity index (χ0n) is 15.3. The Morgan fingerprint density at radius 1 is 1.21 bits per heavy atom. The standard InChI is InChI=1S/C18H17N3O5S3/c1-21(29(23,24)12-4-5-14-15(9-12)26-7-6-25-14)10-17(22)20-18-19-13(11-28-18)16-3-2-8-27-16/h2-5,8-9,11H,6-7,10H2,1H3,(H,19,20,22). The molecule has 0 spiro atoms. The minimum absolute atomic E-state index is 0.0336. The monoisotopic (exact) mass is 451 g/mol. The molecule has 0 radical (unpaired) electrons. The number of likely N-dealkylation sites (N-methyl/N-ethyl adjacent to an activating group) is 1. The molecule has 1 aliphatic heterocycles. The highest BCUT2D eigenvalue weighted by atomic mass is 32.2. The van der Waals surface area contributed by atoms with E-state index in [4.69, 9.17) is 9.47 Å². The molecule has 1 aliphatic rings. The predicted octanol–water partition coefficient (Wildman–Crippen LogP) is 2.90. The van der Waals surface area contributed by atoms with E-state index in [0.29, 0.717) is 29.8 Å². The van der Waals surface area contributed by atoms with E-state index in [2.05, 4.69) is 10.3 Å². The van der Waals surface area contributed by atoms with Crippen LogP contribution in [-0.2, 0) is 14.8 Å². The number of nitrogens with one attached hydrogen (secondary N) is 1. The van der Waals surface area contributed by atoms with Gasteiger partial charge in [0, 0.05) is 18.5 Å². The lowest BCUT2D eigenvalue weighted by Crippen LogP contribution is -2.35. The quantitative estimate of drug-likeness (QED) is 0.619.